The van der Waals surface area contributed by atoms with Crippen molar-refractivity contribution in [2.75, 3.05) is 0 Å². The number of fused-ring (bicyclic) bond motifs is 2. The third-order valence-corrected chi connectivity index (χ3v) is 8.44. The van der Waals surface area contributed by atoms with Gasteiger partial charge in [-0.15, -0.1) is 0 Å². The molecule has 1 aliphatic heterocycles. The maximum atomic E-state index is 13.8. The van der Waals surface area contributed by atoms with Gasteiger partial charge in [0.05, 0.1) is 11.6 Å². The number of aryl methyl sites for hydroxylation is 1. The highest BCUT2D eigenvalue weighted by Crippen LogP contribution is 2.59. The van der Waals surface area contributed by atoms with Crippen molar-refractivity contribution in [2.45, 2.75) is 65.2 Å². The van der Waals surface area contributed by atoms with E-state index in [-0.39, 0.29) is 53.2 Å². The van der Waals surface area contributed by atoms with Crippen molar-refractivity contribution in [3.63, 3.8) is 0 Å². The zero-order valence-corrected chi connectivity index (χ0v) is 23.4. The lowest BCUT2D eigenvalue weighted by molar-refractivity contribution is -0.140. The van der Waals surface area contributed by atoms with Crippen LogP contribution < -0.4 is 5.32 Å². The Labute approximate surface area is 236 Å². The Balaban J connectivity index is 1.25. The lowest BCUT2D eigenvalue weighted by Crippen LogP contribution is -2.49. The molecule has 1 saturated carbocycles. The molecule has 3 heterocycles. The Morgan fingerprint density at radius 1 is 1.07 bits per heavy atom. The molecule has 6 rings (SSSR count). The summed E-state index contributed by atoms with van der Waals surface area (Å²) in [5.74, 6) is -0.338. The number of halogens is 1. The third kappa shape index (κ3) is 4.87. The van der Waals surface area contributed by atoms with Crippen LogP contribution in [0.15, 0.2) is 54.9 Å². The highest BCUT2D eigenvalue weighted by atomic mass is 19.1. The first-order valence-corrected chi connectivity index (χ1v) is 13.7. The number of hydrogen-bond donors (Lipinski definition) is 1. The fourth-order valence-corrected chi connectivity index (χ4v) is 6.00. The Kier molecular flexibility index (Phi) is 6.43. The van der Waals surface area contributed by atoms with Crippen molar-refractivity contribution in [3.05, 3.63) is 77.8 Å². The fourth-order valence-electron chi connectivity index (χ4n) is 6.00. The van der Waals surface area contributed by atoms with Crippen LogP contribution >= 0.6 is 0 Å². The van der Waals surface area contributed by atoms with Crippen LogP contribution in [-0.4, -0.2) is 54.3 Å². The molecule has 10 heteroatoms. The molecule has 2 aromatic carbocycles. The molecular formula is C31H31FN6O3. The number of benzene rings is 2. The van der Waals surface area contributed by atoms with Gasteiger partial charge in [-0.1, -0.05) is 25.1 Å². The number of carbonyl (C=O) groups excluding carboxylic acids is 3. The van der Waals surface area contributed by atoms with E-state index < -0.39 is 6.04 Å². The van der Waals surface area contributed by atoms with E-state index in [1.807, 2.05) is 32.0 Å². The second kappa shape index (κ2) is 9.87. The lowest BCUT2D eigenvalue weighted by Gasteiger charge is -2.28. The van der Waals surface area contributed by atoms with Crippen molar-refractivity contribution < 1.29 is 18.8 Å². The first-order chi connectivity index (χ1) is 19.5. The molecule has 41 heavy (non-hydrogen) atoms. The van der Waals surface area contributed by atoms with Crippen molar-refractivity contribution >= 4 is 28.5 Å². The normalized spacial score (nSPS) is 21.9. The number of carbonyl (C=O) groups is 3. The Hall–Kier alpha value is -4.47. The van der Waals surface area contributed by atoms with Gasteiger partial charge in [0.1, 0.15) is 29.9 Å². The number of likely N-dealkylation sites (tertiary alicyclic amines) is 1. The zero-order chi connectivity index (χ0) is 29.1. The molecule has 0 bridgehead atoms. The van der Waals surface area contributed by atoms with Crippen LogP contribution in [0.2, 0.25) is 0 Å². The van der Waals surface area contributed by atoms with Gasteiger partial charge in [-0.3, -0.25) is 19.1 Å². The largest absolute Gasteiger partial charge is 0.348 e. The highest BCUT2D eigenvalue weighted by Gasteiger charge is 2.64. The minimum absolute atomic E-state index is 0.0193. The van der Waals surface area contributed by atoms with Crippen LogP contribution in [0.4, 0.5) is 4.39 Å². The molecule has 2 aromatic heterocycles. The molecule has 1 N–H and O–H groups in total. The molecular weight excluding hydrogens is 523 g/mol. The standard InChI is InChI=1S/C31H31FN6O3/c1-17(20-5-8-23(32)9-6-20)35-30(41)26-12-31(4)13-27(31)38(26)28(40)16-37-25-10-7-21(22-14-33-19(3)34-15-22)11-24(25)29(36-37)18(2)39/h5-11,14-15,17,26-27H,12-13,16H2,1-4H3,(H,35,41)/t17?,26-,27+,31-/m0/s1. The average molecular weight is 555 g/mol. The van der Waals surface area contributed by atoms with Crippen molar-refractivity contribution in [2.24, 2.45) is 5.41 Å². The van der Waals surface area contributed by atoms with Crippen LogP contribution in [0.5, 0.6) is 0 Å². The first kappa shape index (κ1) is 26.7. The van der Waals surface area contributed by atoms with Gasteiger partial charge in [0.15, 0.2) is 5.78 Å². The van der Waals surface area contributed by atoms with Gasteiger partial charge >= 0.3 is 0 Å². The zero-order valence-electron chi connectivity index (χ0n) is 23.4. The van der Waals surface area contributed by atoms with Gasteiger partial charge in [0, 0.05) is 36.3 Å². The van der Waals surface area contributed by atoms with Gasteiger partial charge in [-0.05, 0) is 67.5 Å². The average Bonchev–Trinajstić information content (AvgIpc) is 3.30. The Bertz CT molecular complexity index is 1680. The van der Waals surface area contributed by atoms with E-state index in [0.29, 0.717) is 23.1 Å². The number of rotatable bonds is 7. The van der Waals surface area contributed by atoms with Gasteiger partial charge in [0.25, 0.3) is 0 Å². The first-order valence-electron chi connectivity index (χ1n) is 13.7. The van der Waals surface area contributed by atoms with Crippen LogP contribution in [0, 0.1) is 18.2 Å². The number of Topliss-reactive ketones (excluding diaryl/α,β-unsaturated/α-hetero) is 1. The molecule has 0 radical (unpaired) electrons. The minimum Gasteiger partial charge on any atom is -0.348 e. The summed E-state index contributed by atoms with van der Waals surface area (Å²) in [5, 5.41) is 8.18. The van der Waals surface area contributed by atoms with Gasteiger partial charge in [-0.25, -0.2) is 14.4 Å². The topological polar surface area (TPSA) is 110 Å². The van der Waals surface area contributed by atoms with E-state index in [0.717, 1.165) is 23.1 Å². The number of nitrogens with one attached hydrogen (secondary N) is 1. The van der Waals surface area contributed by atoms with Crippen LogP contribution in [0.25, 0.3) is 22.0 Å². The lowest BCUT2D eigenvalue weighted by atomic mass is 10.0. The van der Waals surface area contributed by atoms with Gasteiger partial charge in [-0.2, -0.15) is 5.10 Å². The summed E-state index contributed by atoms with van der Waals surface area (Å²) in [4.78, 5) is 49.9. The number of nitrogens with zero attached hydrogens (tertiary/aromatic N) is 5. The van der Waals surface area contributed by atoms with Crippen molar-refractivity contribution in [1.82, 2.24) is 30.0 Å². The molecule has 4 atom stereocenters. The SMILES string of the molecule is CC(=O)c1nn(CC(=O)N2[C@H](C(=O)NC(C)c3ccc(F)cc3)C[C@@]3(C)C[C@@H]23)c2ccc(-c3cnc(C)nc3)cc12. The van der Waals surface area contributed by atoms with Crippen LogP contribution in [-0.2, 0) is 16.1 Å². The quantitative estimate of drug-likeness (QED) is 0.339. The number of aromatic nitrogens is 4. The summed E-state index contributed by atoms with van der Waals surface area (Å²) in [6.45, 7) is 7.11. The molecule has 2 fully saturated rings. The summed E-state index contributed by atoms with van der Waals surface area (Å²) in [6, 6.07) is 10.6. The van der Waals surface area contributed by atoms with E-state index in [9.17, 15) is 18.8 Å². The number of hydrogen-bond acceptors (Lipinski definition) is 6. The molecule has 4 aromatic rings. The minimum atomic E-state index is -0.614. The Morgan fingerprint density at radius 3 is 2.46 bits per heavy atom. The second-order valence-corrected chi connectivity index (χ2v) is 11.5. The van der Waals surface area contributed by atoms with E-state index in [2.05, 4.69) is 27.3 Å². The number of ketones is 1. The van der Waals surface area contributed by atoms with Crippen LogP contribution in [0.1, 0.15) is 61.5 Å². The predicted octanol–water partition coefficient (Wildman–Crippen LogP) is 4.40. The van der Waals surface area contributed by atoms with E-state index in [1.54, 1.807) is 34.1 Å². The molecule has 2 amide bonds. The maximum absolute atomic E-state index is 13.8. The molecule has 9 nitrogen and oxygen atoms in total. The smallest absolute Gasteiger partial charge is 0.245 e. The van der Waals surface area contributed by atoms with Gasteiger partial charge < -0.3 is 10.2 Å². The number of piperidine rings is 1. The molecule has 1 saturated heterocycles. The molecule has 210 valence electrons. The van der Waals surface area contributed by atoms with E-state index in [4.69, 9.17) is 0 Å². The molecule has 1 aliphatic carbocycles. The highest BCUT2D eigenvalue weighted by molar-refractivity contribution is 6.06. The summed E-state index contributed by atoms with van der Waals surface area (Å²) >= 11 is 0. The van der Waals surface area contributed by atoms with Crippen molar-refractivity contribution in [3.8, 4) is 11.1 Å². The van der Waals surface area contributed by atoms with E-state index in [1.165, 1.54) is 19.1 Å². The molecule has 1 unspecified atom stereocenters. The summed E-state index contributed by atoms with van der Waals surface area (Å²) in [5.41, 5.74) is 3.27. The molecule has 2 aliphatic rings. The summed E-state index contributed by atoms with van der Waals surface area (Å²) in [6.07, 6.45) is 4.88. The Morgan fingerprint density at radius 2 is 1.78 bits per heavy atom. The van der Waals surface area contributed by atoms with Gasteiger partial charge in [0.2, 0.25) is 11.8 Å². The fraction of sp³-hybridized carbons (Fsp3) is 0.355. The second-order valence-electron chi connectivity index (χ2n) is 11.5. The monoisotopic (exact) mass is 554 g/mol. The van der Waals surface area contributed by atoms with E-state index >= 15 is 0 Å². The van der Waals surface area contributed by atoms with Crippen molar-refractivity contribution in [1.29, 1.82) is 0 Å². The molecule has 0 spiro atoms. The summed E-state index contributed by atoms with van der Waals surface area (Å²) < 4.78 is 14.9. The van der Waals surface area contributed by atoms with Crippen LogP contribution in [0.3, 0.4) is 0 Å². The summed E-state index contributed by atoms with van der Waals surface area (Å²) in [7, 11) is 0. The maximum Gasteiger partial charge on any atom is 0.245 e. The predicted molar refractivity (Wildman–Crippen MR) is 150 cm³/mol. The third-order valence-electron chi connectivity index (χ3n) is 8.44. The number of amides is 2.